The second-order valence-electron chi connectivity index (χ2n) is 21.6. The van der Waals surface area contributed by atoms with Gasteiger partial charge in [-0.05, 0) is 124 Å². The molecule has 8 aromatic carbocycles. The van der Waals surface area contributed by atoms with E-state index in [9.17, 15) is 0 Å². The summed E-state index contributed by atoms with van der Waals surface area (Å²) in [5.41, 5.74) is 19.0. The summed E-state index contributed by atoms with van der Waals surface area (Å²) in [6.45, 7) is 16.6. The van der Waals surface area contributed by atoms with Gasteiger partial charge in [-0.15, -0.1) is 11.3 Å². The molecule has 0 fully saturated rings. The first kappa shape index (κ1) is 38.5. The third-order valence-electron chi connectivity index (χ3n) is 15.6. The van der Waals surface area contributed by atoms with Crippen LogP contribution in [-0.2, 0) is 16.2 Å². The van der Waals surface area contributed by atoms with Crippen molar-refractivity contribution in [1.82, 2.24) is 4.57 Å². The summed E-state index contributed by atoms with van der Waals surface area (Å²) in [7, 11) is 0.753. The van der Waals surface area contributed by atoms with E-state index in [1.165, 1.54) is 80.8 Å². The molecule has 0 spiro atoms. The molecule has 14 rings (SSSR count). The van der Waals surface area contributed by atoms with Crippen molar-refractivity contribution in [2.45, 2.75) is 77.6 Å². The van der Waals surface area contributed by atoms with E-state index in [1.807, 2.05) is 11.3 Å². The number of para-hydroxylation sites is 2. The Bertz CT molecular complexity index is 4090. The van der Waals surface area contributed by atoms with E-state index >= 15 is 0 Å². The Morgan fingerprint density at radius 3 is 1.92 bits per heavy atom. The maximum absolute atomic E-state index is 6.78. The first-order valence-electron chi connectivity index (χ1n) is 23.6. The molecule has 66 heavy (non-hydrogen) atoms. The fourth-order valence-corrected chi connectivity index (χ4v) is 13.2. The molecule has 0 amide bonds. The number of furan rings is 2. The molecule has 0 atom stereocenters. The SMILES string of the molecule is CC(C)(C)c1ccc(Nc2cc3c(cc2-c2c4c5c(c6cc7c(cc6n5-c5cc6c(cc5B4)oc4ccccc46)C(C)(C)CCC7(C)C)c4c2sc2ccccc24)oc2ccccc23)cc1. The molecule has 0 bridgehead atoms. The highest BCUT2D eigenvalue weighted by molar-refractivity contribution is 7.26. The maximum Gasteiger partial charge on any atom is 0.198 e. The molecule has 1 N–H and O–H groups in total. The molecule has 0 unspecified atom stereocenters. The monoisotopic (exact) mass is 872 g/mol. The summed E-state index contributed by atoms with van der Waals surface area (Å²) < 4.78 is 18.7. The number of aromatic nitrogens is 1. The fraction of sp³-hybridized carbons (Fsp3) is 0.200. The van der Waals surface area contributed by atoms with Crippen molar-refractivity contribution < 1.29 is 8.83 Å². The zero-order valence-electron chi connectivity index (χ0n) is 38.5. The quantitative estimate of drug-likeness (QED) is 0.180. The zero-order valence-corrected chi connectivity index (χ0v) is 39.3. The van der Waals surface area contributed by atoms with Gasteiger partial charge in [-0.1, -0.05) is 121 Å². The fourth-order valence-electron chi connectivity index (χ4n) is 12.0. The Balaban J connectivity index is 1.17. The third-order valence-corrected chi connectivity index (χ3v) is 16.8. The number of hydrogen-bond donors (Lipinski definition) is 1. The number of fused-ring (bicyclic) bond motifs is 16. The van der Waals surface area contributed by atoms with Crippen LogP contribution >= 0.6 is 11.3 Å². The van der Waals surface area contributed by atoms with Gasteiger partial charge in [0.15, 0.2) is 7.28 Å². The van der Waals surface area contributed by atoms with Crippen LogP contribution in [0.3, 0.4) is 0 Å². The van der Waals surface area contributed by atoms with E-state index in [-0.39, 0.29) is 16.2 Å². The smallest absolute Gasteiger partial charge is 0.198 e. The van der Waals surface area contributed by atoms with Crippen molar-refractivity contribution in [2.75, 3.05) is 5.32 Å². The normalized spacial score (nSPS) is 15.4. The summed E-state index contributed by atoms with van der Waals surface area (Å²) in [4.78, 5) is 0. The van der Waals surface area contributed by atoms with Crippen LogP contribution in [0.1, 0.15) is 78.0 Å². The number of nitrogens with zero attached hydrogens (tertiary/aromatic N) is 1. The molecule has 0 saturated carbocycles. The minimum Gasteiger partial charge on any atom is -0.456 e. The average Bonchev–Trinajstić information content (AvgIpc) is 4.06. The van der Waals surface area contributed by atoms with Crippen LogP contribution < -0.4 is 16.2 Å². The number of hydrogen-bond acceptors (Lipinski definition) is 4. The standard InChI is InChI=1S/C60H49BN2O2S/c1-58(2,3)32-20-22-33(23-21-32)62-44-27-37-34-14-8-11-17-47(34)64-49(37)29-39(44)54-55-56-52(53-36-16-10-13-19-51(36)66-57(53)54)40-26-41-42(60(6,7)25-24-59(41,4)5)30-45(40)63(56)46-28-38-35-15-9-12-18-48(35)65-50(38)31-43(46)61-55/h8-23,26-31,61-62H,24-25H2,1-7H3. The van der Waals surface area contributed by atoms with Gasteiger partial charge in [0.05, 0.1) is 5.52 Å². The van der Waals surface area contributed by atoms with Crippen LogP contribution in [0, 0.1) is 0 Å². The Kier molecular flexibility index (Phi) is 7.58. The van der Waals surface area contributed by atoms with Crippen LogP contribution in [-0.4, -0.2) is 11.8 Å². The topological polar surface area (TPSA) is 43.2 Å². The number of anilines is 2. The Morgan fingerprint density at radius 1 is 0.606 bits per heavy atom. The number of rotatable bonds is 3. The lowest BCUT2D eigenvalue weighted by atomic mass is 9.58. The number of benzene rings is 8. The zero-order chi connectivity index (χ0) is 44.6. The summed E-state index contributed by atoms with van der Waals surface area (Å²) in [5.74, 6) is 0. The van der Waals surface area contributed by atoms with E-state index in [2.05, 4.69) is 192 Å². The van der Waals surface area contributed by atoms with Crippen molar-refractivity contribution >= 4 is 127 Å². The van der Waals surface area contributed by atoms with Gasteiger partial charge in [0.1, 0.15) is 22.3 Å². The van der Waals surface area contributed by atoms with E-state index in [1.54, 1.807) is 0 Å². The van der Waals surface area contributed by atoms with Crippen molar-refractivity contribution in [3.8, 4) is 16.8 Å². The van der Waals surface area contributed by atoms with Gasteiger partial charge < -0.3 is 18.7 Å². The van der Waals surface area contributed by atoms with Gasteiger partial charge in [0, 0.05) is 80.6 Å². The highest BCUT2D eigenvalue weighted by Gasteiger charge is 2.39. The first-order chi connectivity index (χ1) is 31.8. The minimum absolute atomic E-state index is 0.0457. The predicted molar refractivity (Wildman–Crippen MR) is 284 cm³/mol. The van der Waals surface area contributed by atoms with Gasteiger partial charge in [-0.25, -0.2) is 0 Å². The molecule has 6 heteroatoms. The van der Waals surface area contributed by atoms with Gasteiger partial charge in [-0.3, -0.25) is 0 Å². The summed E-state index contributed by atoms with van der Waals surface area (Å²) in [6, 6.07) is 49.7. The summed E-state index contributed by atoms with van der Waals surface area (Å²) in [5, 5.41) is 13.9. The largest absolute Gasteiger partial charge is 0.456 e. The summed E-state index contributed by atoms with van der Waals surface area (Å²) >= 11 is 1.93. The lowest BCUT2D eigenvalue weighted by Gasteiger charge is -2.42. The third kappa shape index (κ3) is 5.28. The Morgan fingerprint density at radius 2 is 1.23 bits per heavy atom. The predicted octanol–water partition coefficient (Wildman–Crippen LogP) is 15.7. The van der Waals surface area contributed by atoms with Crippen LogP contribution in [0.25, 0.3) is 103 Å². The molecule has 1 aliphatic heterocycles. The molecule has 0 radical (unpaired) electrons. The molecule has 12 aromatic rings. The van der Waals surface area contributed by atoms with Crippen LogP contribution in [0.5, 0.6) is 0 Å². The van der Waals surface area contributed by atoms with Crippen LogP contribution in [0.2, 0.25) is 0 Å². The highest BCUT2D eigenvalue weighted by Crippen LogP contribution is 2.53. The average molecular weight is 873 g/mol. The maximum atomic E-state index is 6.78. The summed E-state index contributed by atoms with van der Waals surface area (Å²) in [6.07, 6.45) is 2.32. The molecule has 4 nitrogen and oxygen atoms in total. The van der Waals surface area contributed by atoms with Crippen molar-refractivity contribution in [1.29, 1.82) is 0 Å². The van der Waals surface area contributed by atoms with Gasteiger partial charge >= 0.3 is 0 Å². The molecule has 4 aromatic heterocycles. The van der Waals surface area contributed by atoms with Crippen molar-refractivity contribution in [3.05, 3.63) is 150 Å². The molecular weight excluding hydrogens is 824 g/mol. The molecular formula is C60H49BN2O2S. The number of thiophene rings is 1. The Labute approximate surface area is 388 Å². The van der Waals surface area contributed by atoms with Crippen LogP contribution in [0.15, 0.2) is 142 Å². The van der Waals surface area contributed by atoms with E-state index in [0.717, 1.165) is 80.9 Å². The lowest BCUT2D eigenvalue weighted by molar-refractivity contribution is 0.332. The Hall–Kier alpha value is -6.76. The van der Waals surface area contributed by atoms with Gasteiger partial charge in [0.2, 0.25) is 0 Å². The minimum atomic E-state index is 0.0457. The lowest BCUT2D eigenvalue weighted by Crippen LogP contribution is -2.37. The molecule has 0 saturated heterocycles. The first-order valence-corrected chi connectivity index (χ1v) is 24.4. The molecule has 2 aliphatic rings. The van der Waals surface area contributed by atoms with Crippen molar-refractivity contribution in [3.63, 3.8) is 0 Å². The van der Waals surface area contributed by atoms with Gasteiger partial charge in [0.25, 0.3) is 0 Å². The van der Waals surface area contributed by atoms with Crippen molar-refractivity contribution in [2.24, 2.45) is 0 Å². The van der Waals surface area contributed by atoms with E-state index in [0.29, 0.717) is 0 Å². The second-order valence-corrected chi connectivity index (χ2v) is 22.6. The molecule has 5 heterocycles. The molecule has 320 valence electrons. The van der Waals surface area contributed by atoms with Gasteiger partial charge in [-0.2, -0.15) is 0 Å². The van der Waals surface area contributed by atoms with E-state index < -0.39 is 0 Å². The second kappa shape index (κ2) is 13.0. The van der Waals surface area contributed by atoms with Crippen LogP contribution in [0.4, 0.5) is 11.4 Å². The highest BCUT2D eigenvalue weighted by atomic mass is 32.1. The number of nitrogens with one attached hydrogen (secondary N) is 1. The van der Waals surface area contributed by atoms with E-state index in [4.69, 9.17) is 8.83 Å². The molecule has 1 aliphatic carbocycles.